The fourth-order valence-electron chi connectivity index (χ4n) is 7.12. The Balaban J connectivity index is 1.92. The summed E-state index contributed by atoms with van der Waals surface area (Å²) in [4.78, 5) is 12.5. The normalized spacial score (nSPS) is 46.6. The van der Waals surface area contributed by atoms with Gasteiger partial charge >= 0.3 is 0 Å². The van der Waals surface area contributed by atoms with E-state index >= 15 is 0 Å². The van der Waals surface area contributed by atoms with Crippen LogP contribution in [0.3, 0.4) is 0 Å². The summed E-state index contributed by atoms with van der Waals surface area (Å²) in [6, 6.07) is 2.27. The molecule has 0 spiro atoms. The van der Waals surface area contributed by atoms with E-state index in [1.807, 2.05) is 0 Å². The molecule has 3 rings (SSSR count). The minimum Gasteiger partial charge on any atom is -0.299 e. The van der Waals surface area contributed by atoms with Gasteiger partial charge in [0.2, 0.25) is 0 Å². The van der Waals surface area contributed by atoms with Gasteiger partial charge in [-0.15, -0.1) is 0 Å². The van der Waals surface area contributed by atoms with Crippen LogP contribution in [0.15, 0.2) is 0 Å². The molecule has 0 aromatic rings. The van der Waals surface area contributed by atoms with E-state index in [1.54, 1.807) is 0 Å². The van der Waals surface area contributed by atoms with E-state index in [0.29, 0.717) is 29.0 Å². The van der Waals surface area contributed by atoms with Crippen molar-refractivity contribution in [3.8, 4) is 6.07 Å². The third kappa shape index (κ3) is 2.55. The largest absolute Gasteiger partial charge is 0.299 e. The molecular formula is C21H33NO. The van der Waals surface area contributed by atoms with Gasteiger partial charge in [0.15, 0.2) is 0 Å². The molecule has 0 aliphatic heterocycles. The summed E-state index contributed by atoms with van der Waals surface area (Å²) >= 11 is 0. The van der Waals surface area contributed by atoms with Gasteiger partial charge in [0.05, 0.1) is 6.07 Å². The van der Waals surface area contributed by atoms with E-state index in [4.69, 9.17) is 5.26 Å². The molecule has 3 saturated carbocycles. The highest BCUT2D eigenvalue weighted by atomic mass is 16.1. The molecule has 3 aliphatic rings. The van der Waals surface area contributed by atoms with Gasteiger partial charge in [-0.05, 0) is 73.5 Å². The lowest BCUT2D eigenvalue weighted by Crippen LogP contribution is -2.57. The SMILES string of the molecule is CCC12CCC(C)CC1(C)CCC1C(CCC#N)C(=O)CCC12. The second-order valence-corrected chi connectivity index (χ2v) is 9.04. The van der Waals surface area contributed by atoms with Crippen LogP contribution in [0.2, 0.25) is 0 Å². The van der Waals surface area contributed by atoms with Crippen LogP contribution in [0.1, 0.15) is 85.0 Å². The fraction of sp³-hybridized carbons (Fsp3) is 0.905. The third-order valence-corrected chi connectivity index (χ3v) is 8.17. The summed E-state index contributed by atoms with van der Waals surface area (Å²) in [7, 11) is 0. The average Bonchev–Trinajstić information content (AvgIpc) is 2.53. The number of fused-ring (bicyclic) bond motifs is 3. The number of nitriles is 1. The van der Waals surface area contributed by atoms with E-state index in [-0.39, 0.29) is 5.92 Å². The molecule has 0 saturated heterocycles. The molecule has 128 valence electrons. The van der Waals surface area contributed by atoms with Gasteiger partial charge in [-0.2, -0.15) is 5.26 Å². The van der Waals surface area contributed by atoms with E-state index in [2.05, 4.69) is 26.8 Å². The minimum atomic E-state index is 0.181. The van der Waals surface area contributed by atoms with E-state index < -0.39 is 0 Å². The molecule has 23 heavy (non-hydrogen) atoms. The van der Waals surface area contributed by atoms with Gasteiger partial charge in [0.25, 0.3) is 0 Å². The van der Waals surface area contributed by atoms with Crippen molar-refractivity contribution in [1.82, 2.24) is 0 Å². The number of carbonyl (C=O) groups is 1. The molecular weight excluding hydrogens is 282 g/mol. The van der Waals surface area contributed by atoms with Crippen molar-refractivity contribution in [2.75, 3.05) is 0 Å². The Morgan fingerprint density at radius 2 is 2.04 bits per heavy atom. The molecule has 0 radical (unpaired) electrons. The molecule has 0 bridgehead atoms. The van der Waals surface area contributed by atoms with Crippen LogP contribution in [0.4, 0.5) is 0 Å². The molecule has 6 unspecified atom stereocenters. The Hall–Kier alpha value is -0.840. The maximum atomic E-state index is 12.5. The molecule has 0 amide bonds. The van der Waals surface area contributed by atoms with Gasteiger partial charge in [0, 0.05) is 18.8 Å². The summed E-state index contributed by atoms with van der Waals surface area (Å²) in [5.41, 5.74) is 0.925. The Kier molecular flexibility index (Phi) is 4.60. The highest BCUT2D eigenvalue weighted by Crippen LogP contribution is 2.68. The first kappa shape index (κ1) is 17.0. The number of hydrogen-bond acceptors (Lipinski definition) is 2. The predicted molar refractivity (Wildman–Crippen MR) is 92.6 cm³/mol. The zero-order valence-electron chi connectivity index (χ0n) is 15.2. The first-order valence-corrected chi connectivity index (χ1v) is 9.87. The van der Waals surface area contributed by atoms with Crippen molar-refractivity contribution in [2.24, 2.45) is 34.5 Å². The van der Waals surface area contributed by atoms with Gasteiger partial charge < -0.3 is 0 Å². The van der Waals surface area contributed by atoms with Crippen LogP contribution in [-0.4, -0.2) is 5.78 Å². The molecule has 6 atom stereocenters. The van der Waals surface area contributed by atoms with Crippen LogP contribution in [0.25, 0.3) is 0 Å². The smallest absolute Gasteiger partial charge is 0.136 e. The maximum absolute atomic E-state index is 12.5. The first-order chi connectivity index (χ1) is 11.0. The molecule has 0 aromatic carbocycles. The lowest BCUT2D eigenvalue weighted by molar-refractivity contribution is -0.162. The molecule has 2 nitrogen and oxygen atoms in total. The summed E-state index contributed by atoms with van der Waals surface area (Å²) in [5, 5.41) is 8.97. The number of rotatable bonds is 3. The van der Waals surface area contributed by atoms with Crippen molar-refractivity contribution in [1.29, 1.82) is 5.26 Å². The number of nitrogens with zero attached hydrogens (tertiary/aromatic N) is 1. The van der Waals surface area contributed by atoms with Crippen LogP contribution in [0.5, 0.6) is 0 Å². The zero-order chi connectivity index (χ0) is 16.7. The topological polar surface area (TPSA) is 40.9 Å². The van der Waals surface area contributed by atoms with Gasteiger partial charge in [0.1, 0.15) is 5.78 Å². The van der Waals surface area contributed by atoms with Crippen LogP contribution < -0.4 is 0 Å². The molecule has 0 N–H and O–H groups in total. The van der Waals surface area contributed by atoms with Crippen molar-refractivity contribution >= 4 is 5.78 Å². The summed E-state index contributed by atoms with van der Waals surface area (Å²) in [5.74, 6) is 2.78. The van der Waals surface area contributed by atoms with Crippen LogP contribution >= 0.6 is 0 Å². The number of carbonyl (C=O) groups excluding carboxylic acids is 1. The van der Waals surface area contributed by atoms with Gasteiger partial charge in [-0.1, -0.05) is 27.2 Å². The van der Waals surface area contributed by atoms with Gasteiger partial charge in [-0.3, -0.25) is 4.79 Å². The first-order valence-electron chi connectivity index (χ1n) is 9.87. The zero-order valence-corrected chi connectivity index (χ0v) is 15.2. The summed E-state index contributed by atoms with van der Waals surface area (Å²) in [6.07, 6.45) is 11.1. The van der Waals surface area contributed by atoms with E-state index in [9.17, 15) is 4.79 Å². The Morgan fingerprint density at radius 1 is 1.26 bits per heavy atom. The molecule has 3 fully saturated rings. The van der Waals surface area contributed by atoms with Crippen molar-refractivity contribution in [3.05, 3.63) is 0 Å². The molecule has 3 aliphatic carbocycles. The summed E-state index contributed by atoms with van der Waals surface area (Å²) in [6.45, 7) is 7.39. The second-order valence-electron chi connectivity index (χ2n) is 9.04. The Labute approximate surface area is 142 Å². The number of ketones is 1. The molecule has 2 heteroatoms. The Morgan fingerprint density at radius 3 is 2.74 bits per heavy atom. The predicted octanol–water partition coefficient (Wildman–Crippen LogP) is 5.52. The number of Topliss-reactive ketones (excluding diaryl/α,β-unsaturated/α-hetero) is 1. The quantitative estimate of drug-likeness (QED) is 0.688. The van der Waals surface area contributed by atoms with Crippen molar-refractivity contribution in [2.45, 2.75) is 85.0 Å². The number of hydrogen-bond donors (Lipinski definition) is 0. The molecule has 0 heterocycles. The van der Waals surface area contributed by atoms with Crippen LogP contribution in [0, 0.1) is 45.8 Å². The van der Waals surface area contributed by atoms with Gasteiger partial charge in [-0.25, -0.2) is 0 Å². The lowest BCUT2D eigenvalue weighted by atomic mass is 9.40. The third-order valence-electron chi connectivity index (χ3n) is 8.17. The average molecular weight is 316 g/mol. The summed E-state index contributed by atoms with van der Waals surface area (Å²) < 4.78 is 0. The van der Waals surface area contributed by atoms with E-state index in [1.165, 1.54) is 38.5 Å². The second kappa shape index (κ2) is 6.23. The highest BCUT2D eigenvalue weighted by Gasteiger charge is 2.60. The minimum absolute atomic E-state index is 0.181. The van der Waals surface area contributed by atoms with Crippen LogP contribution in [-0.2, 0) is 4.79 Å². The fourth-order valence-corrected chi connectivity index (χ4v) is 7.12. The van der Waals surface area contributed by atoms with Crippen molar-refractivity contribution in [3.63, 3.8) is 0 Å². The monoisotopic (exact) mass is 315 g/mol. The highest BCUT2D eigenvalue weighted by molar-refractivity contribution is 5.82. The van der Waals surface area contributed by atoms with E-state index in [0.717, 1.165) is 31.1 Å². The standard InChI is InChI=1S/C21H33NO/c1-4-21-12-9-15(2)14-20(21,3)11-10-16-17(6-5-13-22)19(23)8-7-18(16)21/h15-18H,4-12,14H2,1-3H3. The maximum Gasteiger partial charge on any atom is 0.136 e. The Bertz CT molecular complexity index is 506. The lowest BCUT2D eigenvalue weighted by Gasteiger charge is -2.64. The molecule has 0 aromatic heterocycles. The van der Waals surface area contributed by atoms with Crippen molar-refractivity contribution < 1.29 is 4.79 Å².